The van der Waals surface area contributed by atoms with Gasteiger partial charge in [0.15, 0.2) is 3.95 Å². The van der Waals surface area contributed by atoms with Crippen LogP contribution in [0.4, 0.5) is 0 Å². The van der Waals surface area contributed by atoms with Crippen LogP contribution >= 0.6 is 23.6 Å². The minimum absolute atomic E-state index is 0.797. The Hall–Kier alpha value is -0.740. The fourth-order valence-electron chi connectivity index (χ4n) is 1.10. The molecule has 0 amide bonds. The summed E-state index contributed by atoms with van der Waals surface area (Å²) in [5.41, 5.74) is 3.40. The molecule has 0 fully saturated rings. The maximum atomic E-state index is 5.04. The minimum atomic E-state index is 0.797. The molecule has 0 aliphatic carbocycles. The molecule has 1 N–H and O–H groups in total. The van der Waals surface area contributed by atoms with Crippen LogP contribution in [-0.4, -0.2) is 9.97 Å². The first kappa shape index (κ1) is 7.89. The Morgan fingerprint density at radius 3 is 3.00 bits per heavy atom. The molecule has 0 spiro atoms. The van der Waals surface area contributed by atoms with Crippen LogP contribution in [-0.2, 0) is 0 Å². The van der Waals surface area contributed by atoms with Crippen molar-refractivity contribution in [2.45, 2.75) is 13.8 Å². The molecule has 0 atom stereocenters. The van der Waals surface area contributed by atoms with Gasteiger partial charge in [-0.2, -0.15) is 0 Å². The average Bonchev–Trinajstić information content (AvgIpc) is 2.39. The smallest absolute Gasteiger partial charge is 0.160 e. The van der Waals surface area contributed by atoms with E-state index >= 15 is 0 Å². The highest BCUT2D eigenvalue weighted by molar-refractivity contribution is 7.73. The molecular formula is C8H8N2S2. The number of hydrogen-bond donors (Lipinski definition) is 1. The Bertz CT molecular complexity index is 481. The van der Waals surface area contributed by atoms with Gasteiger partial charge in [0.25, 0.3) is 0 Å². The Kier molecular flexibility index (Phi) is 1.73. The summed E-state index contributed by atoms with van der Waals surface area (Å²) in [5.74, 6) is 0. The zero-order valence-corrected chi connectivity index (χ0v) is 8.47. The maximum Gasteiger partial charge on any atom is 0.160 e. The second-order valence-corrected chi connectivity index (χ2v) is 4.45. The van der Waals surface area contributed by atoms with E-state index in [1.54, 1.807) is 11.3 Å². The molecule has 0 bridgehead atoms. The highest BCUT2D eigenvalue weighted by atomic mass is 32.1. The van der Waals surface area contributed by atoms with Gasteiger partial charge in [-0.3, -0.25) is 0 Å². The largest absolute Gasteiger partial charge is 0.322 e. The SMILES string of the molecule is Cc1cnc2[nH]c(=S)sc2c1C. The average molecular weight is 196 g/mol. The summed E-state index contributed by atoms with van der Waals surface area (Å²) in [6.45, 7) is 4.16. The van der Waals surface area contributed by atoms with E-state index in [4.69, 9.17) is 12.2 Å². The molecule has 0 aliphatic rings. The summed E-state index contributed by atoms with van der Waals surface area (Å²) in [5, 5.41) is 0. The van der Waals surface area contributed by atoms with E-state index in [1.165, 1.54) is 15.8 Å². The van der Waals surface area contributed by atoms with Gasteiger partial charge < -0.3 is 4.98 Å². The third-order valence-electron chi connectivity index (χ3n) is 1.95. The summed E-state index contributed by atoms with van der Waals surface area (Å²) in [7, 11) is 0. The van der Waals surface area contributed by atoms with Crippen molar-refractivity contribution < 1.29 is 0 Å². The number of aromatic amines is 1. The normalized spacial score (nSPS) is 10.8. The molecule has 2 nitrogen and oxygen atoms in total. The molecule has 0 aliphatic heterocycles. The summed E-state index contributed by atoms with van der Waals surface area (Å²) < 4.78 is 1.98. The number of pyridine rings is 1. The van der Waals surface area contributed by atoms with Gasteiger partial charge in [0.05, 0.1) is 4.70 Å². The van der Waals surface area contributed by atoms with Crippen LogP contribution in [0, 0.1) is 17.8 Å². The Morgan fingerprint density at radius 1 is 1.50 bits per heavy atom. The van der Waals surface area contributed by atoms with Crippen molar-refractivity contribution in [1.82, 2.24) is 9.97 Å². The van der Waals surface area contributed by atoms with Gasteiger partial charge in [-0.25, -0.2) is 4.98 Å². The molecule has 4 heteroatoms. The number of aromatic nitrogens is 2. The molecule has 0 aromatic carbocycles. The molecule has 0 saturated heterocycles. The first-order valence-electron chi connectivity index (χ1n) is 3.63. The van der Waals surface area contributed by atoms with Gasteiger partial charge in [0.2, 0.25) is 0 Å². The van der Waals surface area contributed by atoms with Crippen molar-refractivity contribution in [1.29, 1.82) is 0 Å². The van der Waals surface area contributed by atoms with E-state index in [-0.39, 0.29) is 0 Å². The van der Waals surface area contributed by atoms with Crippen LogP contribution in [0.1, 0.15) is 11.1 Å². The topological polar surface area (TPSA) is 28.7 Å². The van der Waals surface area contributed by atoms with Crippen molar-refractivity contribution in [3.05, 3.63) is 21.3 Å². The number of nitrogens with zero attached hydrogens (tertiary/aromatic N) is 1. The highest BCUT2D eigenvalue weighted by Crippen LogP contribution is 2.23. The lowest BCUT2D eigenvalue weighted by atomic mass is 10.2. The van der Waals surface area contributed by atoms with Crippen molar-refractivity contribution in [2.24, 2.45) is 0 Å². The molecule has 12 heavy (non-hydrogen) atoms. The molecule has 2 rings (SSSR count). The molecule has 2 aromatic rings. The lowest BCUT2D eigenvalue weighted by Gasteiger charge is -1.97. The van der Waals surface area contributed by atoms with Crippen LogP contribution in [0.2, 0.25) is 0 Å². The van der Waals surface area contributed by atoms with Crippen LogP contribution < -0.4 is 0 Å². The second-order valence-electron chi connectivity index (χ2n) is 2.76. The standard InChI is InChI=1S/C8H8N2S2/c1-4-3-9-7-6(5(4)2)12-8(11)10-7/h3H,1-2H3,(H,9,10,11). The number of nitrogens with one attached hydrogen (secondary N) is 1. The van der Waals surface area contributed by atoms with Crippen LogP contribution in [0.15, 0.2) is 6.20 Å². The number of fused-ring (bicyclic) bond motifs is 1. The first-order valence-corrected chi connectivity index (χ1v) is 4.86. The Morgan fingerprint density at radius 2 is 2.25 bits per heavy atom. The third kappa shape index (κ3) is 1.07. The quantitative estimate of drug-likeness (QED) is 0.656. The molecule has 0 unspecified atom stereocenters. The summed E-state index contributed by atoms with van der Waals surface area (Å²) in [6, 6.07) is 0. The van der Waals surface area contributed by atoms with E-state index in [9.17, 15) is 0 Å². The van der Waals surface area contributed by atoms with Gasteiger partial charge in [-0.05, 0) is 37.2 Å². The number of H-pyrrole nitrogens is 1. The van der Waals surface area contributed by atoms with Crippen molar-refractivity contribution in [3.8, 4) is 0 Å². The van der Waals surface area contributed by atoms with E-state index in [1.807, 2.05) is 6.20 Å². The van der Waals surface area contributed by atoms with Crippen molar-refractivity contribution >= 4 is 33.9 Å². The molecule has 0 saturated carbocycles. The number of aryl methyl sites for hydroxylation is 2. The first-order chi connectivity index (χ1) is 5.68. The highest BCUT2D eigenvalue weighted by Gasteiger charge is 2.03. The molecular weight excluding hydrogens is 188 g/mol. The second kappa shape index (κ2) is 2.64. The number of hydrogen-bond acceptors (Lipinski definition) is 3. The van der Waals surface area contributed by atoms with Crippen LogP contribution in [0.3, 0.4) is 0 Å². The van der Waals surface area contributed by atoms with E-state index in [2.05, 4.69) is 23.8 Å². The van der Waals surface area contributed by atoms with Gasteiger partial charge >= 0.3 is 0 Å². The van der Waals surface area contributed by atoms with Gasteiger partial charge in [-0.15, -0.1) is 11.3 Å². The lowest BCUT2D eigenvalue weighted by Crippen LogP contribution is -1.83. The van der Waals surface area contributed by atoms with Crippen LogP contribution in [0.25, 0.3) is 10.3 Å². The van der Waals surface area contributed by atoms with Gasteiger partial charge in [-0.1, -0.05) is 0 Å². The van der Waals surface area contributed by atoms with Crippen molar-refractivity contribution in [3.63, 3.8) is 0 Å². The zero-order valence-electron chi connectivity index (χ0n) is 6.84. The van der Waals surface area contributed by atoms with Crippen LogP contribution in [0.5, 0.6) is 0 Å². The zero-order chi connectivity index (χ0) is 8.72. The van der Waals surface area contributed by atoms with Gasteiger partial charge in [0, 0.05) is 6.20 Å². The predicted molar refractivity (Wildman–Crippen MR) is 54.3 cm³/mol. The molecule has 0 radical (unpaired) electrons. The fraction of sp³-hybridized carbons (Fsp3) is 0.250. The third-order valence-corrected chi connectivity index (χ3v) is 3.29. The molecule has 2 heterocycles. The summed E-state index contributed by atoms with van der Waals surface area (Å²) in [6.07, 6.45) is 1.87. The predicted octanol–water partition coefficient (Wildman–Crippen LogP) is 2.97. The Balaban J connectivity index is 2.99. The van der Waals surface area contributed by atoms with E-state index in [0.717, 1.165) is 9.60 Å². The maximum absolute atomic E-state index is 5.04. The van der Waals surface area contributed by atoms with Crippen molar-refractivity contribution in [2.75, 3.05) is 0 Å². The Labute approximate surface area is 79.3 Å². The molecule has 62 valence electrons. The lowest BCUT2D eigenvalue weighted by molar-refractivity contribution is 1.25. The summed E-state index contributed by atoms with van der Waals surface area (Å²) >= 11 is 6.63. The summed E-state index contributed by atoms with van der Waals surface area (Å²) in [4.78, 5) is 7.30. The van der Waals surface area contributed by atoms with E-state index < -0.39 is 0 Å². The van der Waals surface area contributed by atoms with E-state index in [0.29, 0.717) is 0 Å². The monoisotopic (exact) mass is 196 g/mol. The fourth-order valence-corrected chi connectivity index (χ4v) is 2.30. The van der Waals surface area contributed by atoms with Gasteiger partial charge in [0.1, 0.15) is 5.65 Å². The number of rotatable bonds is 0. The molecule has 2 aromatic heterocycles. The number of thiazole rings is 1. The minimum Gasteiger partial charge on any atom is -0.322 e.